The molecule has 0 aliphatic carbocycles. The fourth-order valence-corrected chi connectivity index (χ4v) is 3.08. The van der Waals surface area contributed by atoms with Crippen molar-refractivity contribution >= 4 is 5.96 Å². The number of fused-ring (bicyclic) bond motifs is 1. The van der Waals surface area contributed by atoms with Gasteiger partial charge in [-0.3, -0.25) is 9.89 Å². The highest BCUT2D eigenvalue weighted by Gasteiger charge is 2.21. The normalized spacial score (nSPS) is 17.1. The summed E-state index contributed by atoms with van der Waals surface area (Å²) in [6.07, 6.45) is 3.36. The molecule has 0 fully saturated rings. The molecular formula is C19H32N4. The van der Waals surface area contributed by atoms with Crippen molar-refractivity contribution in [1.82, 2.24) is 10.2 Å². The first kappa shape index (κ1) is 17.8. The summed E-state index contributed by atoms with van der Waals surface area (Å²) in [5, 5.41) is 3.22. The summed E-state index contributed by atoms with van der Waals surface area (Å²) in [6.45, 7) is 10.5. The molecule has 1 aromatic rings. The van der Waals surface area contributed by atoms with Gasteiger partial charge in [-0.1, -0.05) is 45.0 Å². The third-order valence-electron chi connectivity index (χ3n) is 4.65. The van der Waals surface area contributed by atoms with E-state index in [0.29, 0.717) is 17.9 Å². The smallest absolute Gasteiger partial charge is 0.188 e. The largest absolute Gasteiger partial charge is 0.370 e. The van der Waals surface area contributed by atoms with Crippen LogP contribution in [0.4, 0.5) is 0 Å². The molecule has 0 saturated heterocycles. The van der Waals surface area contributed by atoms with Crippen LogP contribution in [0.15, 0.2) is 29.3 Å². The van der Waals surface area contributed by atoms with Crippen molar-refractivity contribution in [3.8, 4) is 0 Å². The molecule has 1 atom stereocenters. The molecule has 1 aromatic carbocycles. The Balaban J connectivity index is 1.86. The van der Waals surface area contributed by atoms with E-state index >= 15 is 0 Å². The second-order valence-corrected chi connectivity index (χ2v) is 6.89. The van der Waals surface area contributed by atoms with Crippen LogP contribution in [0.5, 0.6) is 0 Å². The van der Waals surface area contributed by atoms with Crippen LogP contribution in [-0.4, -0.2) is 36.5 Å². The van der Waals surface area contributed by atoms with Crippen LogP contribution < -0.4 is 11.1 Å². The zero-order valence-corrected chi connectivity index (χ0v) is 14.9. The van der Waals surface area contributed by atoms with E-state index < -0.39 is 0 Å². The number of aliphatic imine (C=N–C) groups is 1. The highest BCUT2D eigenvalue weighted by Crippen LogP contribution is 2.21. The van der Waals surface area contributed by atoms with E-state index in [4.69, 9.17) is 5.73 Å². The van der Waals surface area contributed by atoms with Crippen molar-refractivity contribution < 1.29 is 0 Å². The van der Waals surface area contributed by atoms with Crippen molar-refractivity contribution in [3.05, 3.63) is 35.4 Å². The SMILES string of the molecule is CCC(CN=C(N)NCCC(C)C)N1CCc2ccccc2C1. The maximum absolute atomic E-state index is 5.99. The molecule has 0 radical (unpaired) electrons. The van der Waals surface area contributed by atoms with Crippen LogP contribution in [0.2, 0.25) is 0 Å². The summed E-state index contributed by atoms with van der Waals surface area (Å²) in [4.78, 5) is 7.11. The second kappa shape index (κ2) is 8.92. The van der Waals surface area contributed by atoms with Crippen LogP contribution in [0.1, 0.15) is 44.7 Å². The molecule has 4 heteroatoms. The third kappa shape index (κ3) is 5.54. The first-order chi connectivity index (χ1) is 11.1. The van der Waals surface area contributed by atoms with Gasteiger partial charge in [0.2, 0.25) is 0 Å². The van der Waals surface area contributed by atoms with Crippen molar-refractivity contribution in [3.63, 3.8) is 0 Å². The van der Waals surface area contributed by atoms with Crippen LogP contribution in [-0.2, 0) is 13.0 Å². The van der Waals surface area contributed by atoms with E-state index in [1.807, 2.05) is 0 Å². The van der Waals surface area contributed by atoms with Crippen LogP contribution in [0, 0.1) is 5.92 Å². The van der Waals surface area contributed by atoms with E-state index in [2.05, 4.69) is 60.2 Å². The first-order valence-corrected chi connectivity index (χ1v) is 8.94. The van der Waals surface area contributed by atoms with E-state index in [0.717, 1.165) is 45.4 Å². The van der Waals surface area contributed by atoms with Crippen LogP contribution in [0.3, 0.4) is 0 Å². The number of nitrogens with zero attached hydrogens (tertiary/aromatic N) is 2. The Hall–Kier alpha value is -1.55. The first-order valence-electron chi connectivity index (χ1n) is 8.94. The summed E-state index contributed by atoms with van der Waals surface area (Å²) in [7, 11) is 0. The Kier molecular flexibility index (Phi) is 6.90. The maximum Gasteiger partial charge on any atom is 0.188 e. The van der Waals surface area contributed by atoms with Gasteiger partial charge in [-0.2, -0.15) is 0 Å². The molecule has 1 aliphatic heterocycles. The van der Waals surface area contributed by atoms with Gasteiger partial charge in [0.15, 0.2) is 5.96 Å². The molecule has 0 amide bonds. The average Bonchev–Trinajstić information content (AvgIpc) is 2.55. The number of nitrogens with one attached hydrogen (secondary N) is 1. The summed E-state index contributed by atoms with van der Waals surface area (Å²) in [5.41, 5.74) is 8.95. The topological polar surface area (TPSA) is 53.6 Å². The Morgan fingerprint density at radius 1 is 1.30 bits per heavy atom. The monoisotopic (exact) mass is 316 g/mol. The van der Waals surface area contributed by atoms with Crippen LogP contribution in [0.25, 0.3) is 0 Å². The van der Waals surface area contributed by atoms with Crippen molar-refractivity contribution in [2.75, 3.05) is 19.6 Å². The van der Waals surface area contributed by atoms with Crippen molar-refractivity contribution in [2.45, 2.75) is 52.6 Å². The van der Waals surface area contributed by atoms with E-state index in [1.165, 1.54) is 11.1 Å². The number of hydrogen-bond acceptors (Lipinski definition) is 2. The summed E-state index contributed by atoms with van der Waals surface area (Å²) in [5.74, 6) is 1.27. The average molecular weight is 316 g/mol. The minimum Gasteiger partial charge on any atom is -0.370 e. The lowest BCUT2D eigenvalue weighted by atomic mass is 9.98. The Morgan fingerprint density at radius 3 is 2.74 bits per heavy atom. The summed E-state index contributed by atoms with van der Waals surface area (Å²) < 4.78 is 0. The molecular weight excluding hydrogens is 284 g/mol. The highest BCUT2D eigenvalue weighted by molar-refractivity contribution is 5.77. The number of benzene rings is 1. The fraction of sp³-hybridized carbons (Fsp3) is 0.632. The minimum atomic E-state index is 0.466. The summed E-state index contributed by atoms with van der Waals surface area (Å²) >= 11 is 0. The Morgan fingerprint density at radius 2 is 2.04 bits per heavy atom. The molecule has 1 aliphatic rings. The molecule has 2 rings (SSSR count). The van der Waals surface area contributed by atoms with Gasteiger partial charge in [-0.15, -0.1) is 0 Å². The van der Waals surface area contributed by atoms with Gasteiger partial charge >= 0.3 is 0 Å². The van der Waals surface area contributed by atoms with Gasteiger partial charge < -0.3 is 11.1 Å². The van der Waals surface area contributed by atoms with Gasteiger partial charge in [-0.05, 0) is 36.3 Å². The second-order valence-electron chi connectivity index (χ2n) is 6.89. The fourth-order valence-electron chi connectivity index (χ4n) is 3.08. The molecule has 128 valence electrons. The predicted octanol–water partition coefficient (Wildman–Crippen LogP) is 2.77. The molecule has 1 unspecified atom stereocenters. The van der Waals surface area contributed by atoms with E-state index in [9.17, 15) is 0 Å². The zero-order chi connectivity index (χ0) is 16.7. The van der Waals surface area contributed by atoms with E-state index in [1.54, 1.807) is 0 Å². The molecule has 1 heterocycles. The third-order valence-corrected chi connectivity index (χ3v) is 4.65. The molecule has 23 heavy (non-hydrogen) atoms. The quantitative estimate of drug-likeness (QED) is 0.601. The van der Waals surface area contributed by atoms with Gasteiger partial charge in [0, 0.05) is 25.7 Å². The van der Waals surface area contributed by atoms with Crippen LogP contribution >= 0.6 is 0 Å². The lowest BCUT2D eigenvalue weighted by Gasteiger charge is -2.34. The molecule has 0 aromatic heterocycles. The number of nitrogens with two attached hydrogens (primary N) is 1. The standard InChI is InChI=1S/C19H32N4/c1-4-18(13-22-19(20)21-11-9-15(2)3)23-12-10-16-7-5-6-8-17(16)14-23/h5-8,15,18H,4,9-14H2,1-3H3,(H3,20,21,22). The highest BCUT2D eigenvalue weighted by atomic mass is 15.2. The van der Waals surface area contributed by atoms with Crippen molar-refractivity contribution in [1.29, 1.82) is 0 Å². The molecule has 0 bridgehead atoms. The Bertz CT molecular complexity index is 510. The number of rotatable bonds is 7. The maximum atomic E-state index is 5.99. The molecule has 4 nitrogen and oxygen atoms in total. The Labute approximate surface area is 141 Å². The lowest BCUT2D eigenvalue weighted by molar-refractivity contribution is 0.178. The minimum absolute atomic E-state index is 0.466. The van der Waals surface area contributed by atoms with Crippen molar-refractivity contribution in [2.24, 2.45) is 16.6 Å². The molecule has 3 N–H and O–H groups in total. The molecule has 0 saturated carbocycles. The summed E-state index contributed by atoms with van der Waals surface area (Å²) in [6, 6.07) is 9.24. The number of guanidine groups is 1. The lowest BCUT2D eigenvalue weighted by Crippen LogP contribution is -2.42. The predicted molar refractivity (Wildman–Crippen MR) is 98.6 cm³/mol. The number of hydrogen-bond donors (Lipinski definition) is 2. The van der Waals surface area contributed by atoms with Gasteiger partial charge in [0.25, 0.3) is 0 Å². The van der Waals surface area contributed by atoms with E-state index in [-0.39, 0.29) is 0 Å². The zero-order valence-electron chi connectivity index (χ0n) is 14.9. The van der Waals surface area contributed by atoms with Gasteiger partial charge in [0.05, 0.1) is 6.54 Å². The molecule has 0 spiro atoms. The van der Waals surface area contributed by atoms with Gasteiger partial charge in [0.1, 0.15) is 0 Å². The van der Waals surface area contributed by atoms with Gasteiger partial charge in [-0.25, -0.2) is 0 Å².